The van der Waals surface area contributed by atoms with Crippen molar-refractivity contribution in [2.75, 3.05) is 4.90 Å². The molecular formula is C47H29NO. The standard InChI is InChI=1S/C47H29NO/c1-3-14-30(15-4-1)48(31-16-5-2-6-17-31)43-27-26-35-37-29-45-38(34-20-9-12-25-44(34)49-45)28-42(37)47(41-24-13-21-36(43)46(35)41)39-22-10-7-18-32(39)33-19-8-11-23-40(33)47/h1-29H. The smallest absolute Gasteiger partial charge is 0.136 e. The van der Waals surface area contributed by atoms with Gasteiger partial charge in [0.25, 0.3) is 0 Å². The quantitative estimate of drug-likeness (QED) is 0.195. The lowest BCUT2D eigenvalue weighted by atomic mass is 9.61. The zero-order chi connectivity index (χ0) is 32.1. The summed E-state index contributed by atoms with van der Waals surface area (Å²) < 4.78 is 6.56. The van der Waals surface area contributed by atoms with Crippen molar-refractivity contribution >= 4 is 49.8 Å². The first-order chi connectivity index (χ1) is 24.3. The molecule has 49 heavy (non-hydrogen) atoms. The van der Waals surface area contributed by atoms with E-state index in [4.69, 9.17) is 4.42 Å². The third-order valence-electron chi connectivity index (χ3n) is 10.9. The monoisotopic (exact) mass is 623 g/mol. The van der Waals surface area contributed by atoms with E-state index in [1.54, 1.807) is 0 Å². The van der Waals surface area contributed by atoms with Crippen molar-refractivity contribution in [1.82, 2.24) is 0 Å². The lowest BCUT2D eigenvalue weighted by molar-refractivity contribution is 0.668. The molecule has 0 amide bonds. The Balaban J connectivity index is 1.32. The topological polar surface area (TPSA) is 16.4 Å². The Bertz CT molecular complexity index is 2690. The second kappa shape index (κ2) is 9.82. The summed E-state index contributed by atoms with van der Waals surface area (Å²) in [5.74, 6) is 0. The van der Waals surface area contributed by atoms with Crippen molar-refractivity contribution < 1.29 is 4.42 Å². The average Bonchev–Trinajstić information content (AvgIpc) is 3.68. The third-order valence-corrected chi connectivity index (χ3v) is 10.9. The van der Waals surface area contributed by atoms with Gasteiger partial charge in [0.15, 0.2) is 0 Å². The van der Waals surface area contributed by atoms with E-state index in [2.05, 4.69) is 181 Å². The maximum absolute atomic E-state index is 6.56. The second-order valence-corrected chi connectivity index (χ2v) is 13.2. The van der Waals surface area contributed by atoms with E-state index in [0.29, 0.717) is 0 Å². The molecule has 2 heteroatoms. The zero-order valence-electron chi connectivity index (χ0n) is 26.6. The predicted octanol–water partition coefficient (Wildman–Crippen LogP) is 12.6. The number of hydrogen-bond acceptors (Lipinski definition) is 2. The van der Waals surface area contributed by atoms with Crippen LogP contribution in [0.4, 0.5) is 17.1 Å². The van der Waals surface area contributed by atoms with Crippen LogP contribution in [0.5, 0.6) is 0 Å². The van der Waals surface area contributed by atoms with Gasteiger partial charge in [-0.1, -0.05) is 127 Å². The van der Waals surface area contributed by atoms with Crippen LogP contribution in [0.1, 0.15) is 22.3 Å². The Morgan fingerprint density at radius 3 is 1.67 bits per heavy atom. The molecule has 2 aliphatic carbocycles. The van der Waals surface area contributed by atoms with Crippen LogP contribution in [-0.4, -0.2) is 0 Å². The van der Waals surface area contributed by atoms with Crippen LogP contribution in [0, 0.1) is 0 Å². The first-order valence-corrected chi connectivity index (χ1v) is 16.9. The van der Waals surface area contributed by atoms with Crippen molar-refractivity contribution in [2.24, 2.45) is 0 Å². The van der Waals surface area contributed by atoms with Gasteiger partial charge in [0.1, 0.15) is 11.2 Å². The Morgan fingerprint density at radius 1 is 0.367 bits per heavy atom. The molecule has 11 rings (SSSR count). The minimum Gasteiger partial charge on any atom is -0.456 e. The SMILES string of the molecule is c1ccc(N(c2ccccc2)c2ccc3c4c(cccc24)C2(c4ccccc4-c4ccccc42)c2cc4c(cc2-3)oc2ccccc24)cc1. The predicted molar refractivity (Wildman–Crippen MR) is 202 cm³/mol. The molecule has 8 aromatic carbocycles. The Hall–Kier alpha value is -6.38. The highest BCUT2D eigenvalue weighted by molar-refractivity contribution is 6.15. The molecule has 0 unspecified atom stereocenters. The lowest BCUT2D eigenvalue weighted by Gasteiger charge is -2.40. The van der Waals surface area contributed by atoms with Gasteiger partial charge < -0.3 is 9.32 Å². The molecule has 0 N–H and O–H groups in total. The maximum atomic E-state index is 6.56. The molecule has 1 aromatic heterocycles. The van der Waals surface area contributed by atoms with Crippen molar-refractivity contribution in [1.29, 1.82) is 0 Å². The molecule has 0 bridgehead atoms. The fraction of sp³-hybridized carbons (Fsp3) is 0.0213. The van der Waals surface area contributed by atoms with Crippen LogP contribution in [-0.2, 0) is 5.41 Å². The van der Waals surface area contributed by atoms with Crippen LogP contribution < -0.4 is 4.90 Å². The lowest BCUT2D eigenvalue weighted by Crippen LogP contribution is -2.32. The maximum Gasteiger partial charge on any atom is 0.136 e. The van der Waals surface area contributed by atoms with Gasteiger partial charge in [-0.15, -0.1) is 0 Å². The van der Waals surface area contributed by atoms with Gasteiger partial charge in [-0.25, -0.2) is 0 Å². The summed E-state index contributed by atoms with van der Waals surface area (Å²) in [7, 11) is 0. The number of hydrogen-bond donors (Lipinski definition) is 0. The van der Waals surface area contributed by atoms with Gasteiger partial charge in [0, 0.05) is 27.5 Å². The van der Waals surface area contributed by atoms with E-state index < -0.39 is 5.41 Å². The van der Waals surface area contributed by atoms with Crippen molar-refractivity contribution in [3.05, 3.63) is 198 Å². The van der Waals surface area contributed by atoms with Gasteiger partial charge in [0.2, 0.25) is 0 Å². The molecule has 0 atom stereocenters. The number of fused-ring (bicyclic) bond motifs is 12. The minimum absolute atomic E-state index is 0.509. The fourth-order valence-corrected chi connectivity index (χ4v) is 8.97. The number of anilines is 3. The highest BCUT2D eigenvalue weighted by atomic mass is 16.3. The second-order valence-electron chi connectivity index (χ2n) is 13.2. The van der Waals surface area contributed by atoms with Crippen molar-refractivity contribution in [2.45, 2.75) is 5.41 Å². The highest BCUT2D eigenvalue weighted by Crippen LogP contribution is 2.63. The summed E-state index contributed by atoms with van der Waals surface area (Å²) >= 11 is 0. The van der Waals surface area contributed by atoms with E-state index in [-0.39, 0.29) is 0 Å². The summed E-state index contributed by atoms with van der Waals surface area (Å²) in [6, 6.07) is 64.2. The summed E-state index contributed by atoms with van der Waals surface area (Å²) in [4.78, 5) is 2.39. The van der Waals surface area contributed by atoms with Crippen molar-refractivity contribution in [3.63, 3.8) is 0 Å². The minimum atomic E-state index is -0.509. The first-order valence-electron chi connectivity index (χ1n) is 16.9. The molecule has 9 aromatic rings. The van der Waals surface area contributed by atoms with Crippen molar-refractivity contribution in [3.8, 4) is 22.3 Å². The Morgan fingerprint density at radius 2 is 0.959 bits per heavy atom. The number of furan rings is 1. The average molecular weight is 624 g/mol. The normalized spacial score (nSPS) is 13.5. The number of benzene rings is 8. The molecule has 0 saturated heterocycles. The van der Waals surface area contributed by atoms with Gasteiger partial charge in [-0.05, 0) is 98.4 Å². The van der Waals surface area contributed by atoms with Crippen LogP contribution in [0.25, 0.3) is 55.0 Å². The van der Waals surface area contributed by atoms with Crippen LogP contribution >= 0.6 is 0 Å². The molecule has 0 fully saturated rings. The fourth-order valence-electron chi connectivity index (χ4n) is 8.97. The van der Waals surface area contributed by atoms with E-state index in [0.717, 1.165) is 39.0 Å². The van der Waals surface area contributed by atoms with Crippen LogP contribution in [0.3, 0.4) is 0 Å². The van der Waals surface area contributed by atoms with E-state index >= 15 is 0 Å². The van der Waals surface area contributed by atoms with Gasteiger partial charge in [-0.3, -0.25) is 0 Å². The van der Waals surface area contributed by atoms with E-state index in [1.807, 2.05) is 0 Å². The molecule has 1 spiro atoms. The molecule has 228 valence electrons. The number of nitrogens with zero attached hydrogens (tertiary/aromatic N) is 1. The summed E-state index contributed by atoms with van der Waals surface area (Å²) in [5.41, 5.74) is 15.1. The molecule has 0 radical (unpaired) electrons. The first kappa shape index (κ1) is 26.7. The van der Waals surface area contributed by atoms with Gasteiger partial charge in [0.05, 0.1) is 11.1 Å². The molecule has 0 saturated carbocycles. The van der Waals surface area contributed by atoms with E-state index in [1.165, 1.54) is 55.3 Å². The highest BCUT2D eigenvalue weighted by Gasteiger charge is 2.50. The van der Waals surface area contributed by atoms with E-state index in [9.17, 15) is 0 Å². The number of para-hydroxylation sites is 3. The third kappa shape index (κ3) is 3.45. The summed E-state index contributed by atoms with van der Waals surface area (Å²) in [6.07, 6.45) is 0. The largest absolute Gasteiger partial charge is 0.456 e. The van der Waals surface area contributed by atoms with Crippen LogP contribution in [0.2, 0.25) is 0 Å². The Labute approximate surface area is 284 Å². The van der Waals surface area contributed by atoms with Gasteiger partial charge in [-0.2, -0.15) is 0 Å². The summed E-state index contributed by atoms with van der Waals surface area (Å²) in [5, 5.41) is 4.81. The molecule has 2 aliphatic rings. The molecular weight excluding hydrogens is 595 g/mol. The van der Waals surface area contributed by atoms with Gasteiger partial charge >= 0.3 is 0 Å². The summed E-state index contributed by atoms with van der Waals surface area (Å²) in [6.45, 7) is 0. The molecule has 1 heterocycles. The van der Waals surface area contributed by atoms with Crippen LogP contribution in [0.15, 0.2) is 180 Å². The molecule has 0 aliphatic heterocycles. The zero-order valence-corrected chi connectivity index (χ0v) is 26.6. The molecule has 2 nitrogen and oxygen atoms in total. The number of rotatable bonds is 3. The Kier molecular flexibility index (Phi) is 5.34.